The molecule has 2 aromatic carbocycles. The summed E-state index contributed by atoms with van der Waals surface area (Å²) >= 11 is 5.76. The first-order valence-corrected chi connectivity index (χ1v) is 9.54. The second-order valence-corrected chi connectivity index (χ2v) is 7.81. The van der Waals surface area contributed by atoms with E-state index in [1.54, 1.807) is 13.8 Å². The third-order valence-electron chi connectivity index (χ3n) is 3.21. The summed E-state index contributed by atoms with van der Waals surface area (Å²) in [6.45, 7) is 3.35. The van der Waals surface area contributed by atoms with E-state index in [0.29, 0.717) is 5.02 Å². The van der Waals surface area contributed by atoms with Gasteiger partial charge in [0.15, 0.2) is 0 Å². The Balaban J connectivity index is 2.15. The molecule has 0 aliphatic heterocycles. The second kappa shape index (κ2) is 8.31. The lowest BCUT2D eigenvalue weighted by atomic mass is 10.2. The van der Waals surface area contributed by atoms with E-state index in [-0.39, 0.29) is 22.1 Å². The van der Waals surface area contributed by atoms with Gasteiger partial charge in [0.1, 0.15) is 0 Å². The van der Waals surface area contributed by atoms with Crippen LogP contribution in [0.25, 0.3) is 0 Å². The van der Waals surface area contributed by atoms with Crippen LogP contribution in [0.1, 0.15) is 34.6 Å². The van der Waals surface area contributed by atoms with Crippen molar-refractivity contribution in [2.75, 3.05) is 0 Å². The summed E-state index contributed by atoms with van der Waals surface area (Å²) in [5.41, 5.74) is 4.66. The number of carbonyl (C=O) groups excluding carboxylic acids is 2. The summed E-state index contributed by atoms with van der Waals surface area (Å²) in [4.78, 5) is 24.2. The van der Waals surface area contributed by atoms with Gasteiger partial charge in [-0.3, -0.25) is 20.4 Å². The average Bonchev–Trinajstić information content (AvgIpc) is 2.59. The summed E-state index contributed by atoms with van der Waals surface area (Å²) in [6, 6.07) is 11.5. The lowest BCUT2D eigenvalue weighted by Crippen LogP contribution is -2.42. The predicted octanol–water partition coefficient (Wildman–Crippen LogP) is 2.10. The summed E-state index contributed by atoms with van der Waals surface area (Å²) in [7, 11) is -3.87. The van der Waals surface area contributed by atoms with Crippen LogP contribution in [0.5, 0.6) is 0 Å². The van der Waals surface area contributed by atoms with Crippen molar-refractivity contribution in [2.45, 2.75) is 24.8 Å². The molecule has 0 radical (unpaired) electrons. The number of halogens is 1. The quantitative estimate of drug-likeness (QED) is 0.674. The van der Waals surface area contributed by atoms with E-state index in [4.69, 9.17) is 11.6 Å². The first-order valence-electron chi connectivity index (χ1n) is 7.68. The monoisotopic (exact) mass is 395 g/mol. The molecule has 0 atom stereocenters. The van der Waals surface area contributed by atoms with E-state index in [0.717, 1.165) is 0 Å². The van der Waals surface area contributed by atoms with E-state index in [1.807, 2.05) is 0 Å². The molecule has 0 aromatic heterocycles. The molecule has 3 N–H and O–H groups in total. The molecule has 0 aliphatic rings. The number of carbonyl (C=O) groups is 2. The number of nitrogens with one attached hydrogen (secondary N) is 3. The second-order valence-electron chi connectivity index (χ2n) is 5.69. The Hall–Kier alpha value is -2.42. The zero-order valence-corrected chi connectivity index (χ0v) is 15.7. The van der Waals surface area contributed by atoms with Gasteiger partial charge in [0, 0.05) is 16.6 Å². The molecule has 2 aromatic rings. The number of hydrogen-bond acceptors (Lipinski definition) is 4. The SMILES string of the molecule is CC(C)NS(=O)(=O)c1ccccc1C(=O)NNC(=O)c1ccc(Cl)cc1. The van der Waals surface area contributed by atoms with Crippen LogP contribution >= 0.6 is 11.6 Å². The van der Waals surface area contributed by atoms with Crippen molar-refractivity contribution >= 4 is 33.4 Å². The maximum atomic E-state index is 12.4. The zero-order chi connectivity index (χ0) is 19.3. The molecule has 2 amide bonds. The summed E-state index contributed by atoms with van der Waals surface area (Å²) in [6.07, 6.45) is 0. The van der Waals surface area contributed by atoms with Crippen molar-refractivity contribution < 1.29 is 18.0 Å². The fourth-order valence-corrected chi connectivity index (χ4v) is 3.70. The lowest BCUT2D eigenvalue weighted by molar-refractivity contribution is 0.0845. The highest BCUT2D eigenvalue weighted by atomic mass is 35.5. The van der Waals surface area contributed by atoms with Crippen molar-refractivity contribution in [1.29, 1.82) is 0 Å². The third-order valence-corrected chi connectivity index (χ3v) is 5.18. The van der Waals surface area contributed by atoms with Gasteiger partial charge in [-0.2, -0.15) is 0 Å². The Labute approximate surface area is 156 Å². The largest absolute Gasteiger partial charge is 0.271 e. The molecule has 7 nitrogen and oxygen atoms in total. The van der Waals surface area contributed by atoms with Gasteiger partial charge in [0.2, 0.25) is 10.0 Å². The van der Waals surface area contributed by atoms with Gasteiger partial charge in [0.25, 0.3) is 11.8 Å². The zero-order valence-electron chi connectivity index (χ0n) is 14.1. The number of amides is 2. The number of rotatable bonds is 5. The lowest BCUT2D eigenvalue weighted by Gasteiger charge is -2.13. The minimum atomic E-state index is -3.87. The summed E-state index contributed by atoms with van der Waals surface area (Å²) in [5.74, 6) is -1.31. The Morgan fingerprint density at radius 2 is 1.50 bits per heavy atom. The summed E-state index contributed by atoms with van der Waals surface area (Å²) in [5, 5.41) is 0.474. The normalized spacial score (nSPS) is 11.2. The van der Waals surface area contributed by atoms with E-state index in [1.165, 1.54) is 48.5 Å². The molecule has 26 heavy (non-hydrogen) atoms. The van der Waals surface area contributed by atoms with Gasteiger partial charge < -0.3 is 0 Å². The molecule has 0 aliphatic carbocycles. The molecular formula is C17H18ClN3O4S. The number of hydrazine groups is 1. The first-order chi connectivity index (χ1) is 12.2. The van der Waals surface area contributed by atoms with Crippen LogP contribution < -0.4 is 15.6 Å². The van der Waals surface area contributed by atoms with Gasteiger partial charge >= 0.3 is 0 Å². The van der Waals surface area contributed by atoms with Gasteiger partial charge in [-0.25, -0.2) is 13.1 Å². The van der Waals surface area contributed by atoms with Gasteiger partial charge in [-0.05, 0) is 50.2 Å². The first kappa shape index (κ1) is 19.9. The number of hydrogen-bond donors (Lipinski definition) is 3. The highest BCUT2D eigenvalue weighted by molar-refractivity contribution is 7.89. The molecule has 0 saturated heterocycles. The third kappa shape index (κ3) is 5.04. The van der Waals surface area contributed by atoms with Crippen molar-refractivity contribution in [2.24, 2.45) is 0 Å². The number of sulfonamides is 1. The van der Waals surface area contributed by atoms with Crippen LogP contribution in [0.3, 0.4) is 0 Å². The van der Waals surface area contributed by atoms with Crippen molar-refractivity contribution in [1.82, 2.24) is 15.6 Å². The highest BCUT2D eigenvalue weighted by Crippen LogP contribution is 2.15. The maximum absolute atomic E-state index is 12.4. The molecule has 0 fully saturated rings. The van der Waals surface area contributed by atoms with Gasteiger partial charge in [-0.1, -0.05) is 23.7 Å². The Kier molecular flexibility index (Phi) is 6.36. The Bertz CT molecular complexity index is 912. The van der Waals surface area contributed by atoms with Crippen LogP contribution in [-0.2, 0) is 10.0 Å². The molecule has 138 valence electrons. The molecule has 0 heterocycles. The molecule has 0 bridgehead atoms. The van der Waals surface area contributed by atoms with E-state index in [9.17, 15) is 18.0 Å². The van der Waals surface area contributed by atoms with Gasteiger partial charge in [0.05, 0.1) is 10.5 Å². The summed E-state index contributed by atoms with van der Waals surface area (Å²) < 4.78 is 27.2. The standard InChI is InChI=1S/C17H18ClN3O4S/c1-11(2)21-26(24,25)15-6-4-3-5-14(15)17(23)20-19-16(22)12-7-9-13(18)10-8-12/h3-11,21H,1-2H3,(H,19,22)(H,20,23). The molecule has 0 saturated carbocycles. The highest BCUT2D eigenvalue weighted by Gasteiger charge is 2.23. The minimum Gasteiger partial charge on any atom is -0.267 e. The van der Waals surface area contributed by atoms with Crippen LogP contribution in [0.15, 0.2) is 53.4 Å². The van der Waals surface area contributed by atoms with E-state index in [2.05, 4.69) is 15.6 Å². The fraction of sp³-hybridized carbons (Fsp3) is 0.176. The molecule has 0 spiro atoms. The molecule has 2 rings (SSSR count). The topological polar surface area (TPSA) is 104 Å². The van der Waals surface area contributed by atoms with Crippen molar-refractivity contribution in [3.63, 3.8) is 0 Å². The van der Waals surface area contributed by atoms with Crippen LogP contribution in [0, 0.1) is 0 Å². The van der Waals surface area contributed by atoms with Crippen molar-refractivity contribution in [3.8, 4) is 0 Å². The maximum Gasteiger partial charge on any atom is 0.271 e. The predicted molar refractivity (Wildman–Crippen MR) is 98.3 cm³/mol. The van der Waals surface area contributed by atoms with E-state index >= 15 is 0 Å². The molecule has 9 heteroatoms. The molecular weight excluding hydrogens is 378 g/mol. The minimum absolute atomic E-state index is 0.0861. The van der Waals surface area contributed by atoms with Crippen LogP contribution in [0.4, 0.5) is 0 Å². The van der Waals surface area contributed by atoms with Crippen LogP contribution in [-0.4, -0.2) is 26.3 Å². The molecule has 0 unspecified atom stereocenters. The van der Waals surface area contributed by atoms with Crippen LogP contribution in [0.2, 0.25) is 5.02 Å². The Morgan fingerprint density at radius 1 is 0.923 bits per heavy atom. The fourth-order valence-electron chi connectivity index (χ4n) is 2.12. The number of benzene rings is 2. The smallest absolute Gasteiger partial charge is 0.267 e. The average molecular weight is 396 g/mol. The van der Waals surface area contributed by atoms with Crippen molar-refractivity contribution in [3.05, 3.63) is 64.7 Å². The van der Waals surface area contributed by atoms with E-state index < -0.39 is 21.8 Å². The van der Waals surface area contributed by atoms with Gasteiger partial charge in [-0.15, -0.1) is 0 Å². The Morgan fingerprint density at radius 3 is 2.12 bits per heavy atom.